The van der Waals surface area contributed by atoms with Gasteiger partial charge >= 0.3 is 0 Å². The van der Waals surface area contributed by atoms with Crippen LogP contribution >= 0.6 is 0 Å². The van der Waals surface area contributed by atoms with Crippen LogP contribution in [0.3, 0.4) is 0 Å². The van der Waals surface area contributed by atoms with Gasteiger partial charge in [-0.2, -0.15) is 5.10 Å². The van der Waals surface area contributed by atoms with E-state index in [9.17, 15) is 4.79 Å². The van der Waals surface area contributed by atoms with Crippen LogP contribution in [-0.2, 0) is 17.6 Å². The summed E-state index contributed by atoms with van der Waals surface area (Å²) >= 11 is 0. The first-order valence-corrected chi connectivity index (χ1v) is 4.74. The van der Waals surface area contributed by atoms with Crippen LogP contribution in [0.5, 0.6) is 0 Å². The van der Waals surface area contributed by atoms with Crippen LogP contribution in [0.2, 0.25) is 0 Å². The van der Waals surface area contributed by atoms with Gasteiger partial charge in [-0.1, -0.05) is 12.1 Å². The summed E-state index contributed by atoms with van der Waals surface area (Å²) in [6, 6.07) is 6.31. The molecule has 0 unspecified atom stereocenters. The summed E-state index contributed by atoms with van der Waals surface area (Å²) in [5.41, 5.74) is 6.16. The fourth-order valence-corrected chi connectivity index (χ4v) is 1.81. The van der Waals surface area contributed by atoms with E-state index in [0.717, 1.165) is 12.0 Å². The normalized spacial score (nSPS) is 14.3. The number of hydrazone groups is 1. The molecule has 14 heavy (non-hydrogen) atoms. The van der Waals surface area contributed by atoms with Gasteiger partial charge in [0.05, 0.1) is 6.21 Å². The minimum Gasteiger partial charge on any atom is -0.277 e. The maximum Gasteiger partial charge on any atom is 0.227 e. The lowest BCUT2D eigenvalue weighted by Crippen LogP contribution is -2.00. The van der Waals surface area contributed by atoms with Crippen molar-refractivity contribution >= 4 is 12.6 Å². The average Bonchev–Trinajstić information content (AvgIpc) is 2.65. The van der Waals surface area contributed by atoms with Gasteiger partial charge in [0.15, 0.2) is 0 Å². The lowest BCUT2D eigenvalue weighted by molar-refractivity contribution is -0.109. The van der Waals surface area contributed by atoms with E-state index in [2.05, 4.69) is 22.7 Å². The van der Waals surface area contributed by atoms with Crippen molar-refractivity contribution in [2.24, 2.45) is 5.10 Å². The second-order valence-electron chi connectivity index (χ2n) is 3.39. The number of aryl methyl sites for hydroxylation is 2. The zero-order valence-corrected chi connectivity index (χ0v) is 7.86. The molecule has 2 rings (SSSR count). The summed E-state index contributed by atoms with van der Waals surface area (Å²) in [5, 5.41) is 3.74. The third-order valence-electron chi connectivity index (χ3n) is 2.46. The Kier molecular flexibility index (Phi) is 2.58. The van der Waals surface area contributed by atoms with Crippen molar-refractivity contribution in [2.45, 2.75) is 19.3 Å². The van der Waals surface area contributed by atoms with Crippen molar-refractivity contribution in [1.29, 1.82) is 0 Å². The Morgan fingerprint density at radius 2 is 2.14 bits per heavy atom. The Balaban J connectivity index is 2.16. The standard InChI is InChI=1S/C11H12N2O/c14-8-13-12-7-9-4-5-10-2-1-3-11(10)6-9/h4-8H,1-3H2,(H,13,14)/b12-7-. The summed E-state index contributed by atoms with van der Waals surface area (Å²) in [7, 11) is 0. The number of carbonyl (C=O) groups excluding carboxylic acids is 1. The third-order valence-corrected chi connectivity index (χ3v) is 2.46. The van der Waals surface area contributed by atoms with Crippen molar-refractivity contribution < 1.29 is 4.79 Å². The molecule has 1 aromatic rings. The number of benzene rings is 1. The fourth-order valence-electron chi connectivity index (χ4n) is 1.81. The second kappa shape index (κ2) is 4.05. The third kappa shape index (κ3) is 1.82. The van der Waals surface area contributed by atoms with Crippen molar-refractivity contribution in [3.05, 3.63) is 34.9 Å². The highest BCUT2D eigenvalue weighted by Gasteiger charge is 2.09. The quantitative estimate of drug-likeness (QED) is 0.433. The Hall–Kier alpha value is -1.64. The molecule has 72 valence electrons. The Morgan fingerprint density at radius 1 is 1.29 bits per heavy atom. The average molecular weight is 188 g/mol. The smallest absolute Gasteiger partial charge is 0.227 e. The van der Waals surface area contributed by atoms with Crippen molar-refractivity contribution in [1.82, 2.24) is 5.43 Å². The van der Waals surface area contributed by atoms with Crippen molar-refractivity contribution in [3.63, 3.8) is 0 Å². The molecule has 0 bridgehead atoms. The Morgan fingerprint density at radius 3 is 3.00 bits per heavy atom. The first kappa shape index (κ1) is 8.94. The lowest BCUT2D eigenvalue weighted by atomic mass is 10.1. The van der Waals surface area contributed by atoms with Crippen LogP contribution in [0, 0.1) is 0 Å². The van der Waals surface area contributed by atoms with Crippen LogP contribution < -0.4 is 5.43 Å². The molecule has 3 nitrogen and oxygen atoms in total. The van der Waals surface area contributed by atoms with E-state index in [1.807, 2.05) is 6.07 Å². The first-order valence-electron chi connectivity index (χ1n) is 4.74. The lowest BCUT2D eigenvalue weighted by Gasteiger charge is -1.99. The van der Waals surface area contributed by atoms with Crippen molar-refractivity contribution in [3.8, 4) is 0 Å². The summed E-state index contributed by atoms with van der Waals surface area (Å²) in [6.07, 6.45) is 5.83. The molecule has 1 amide bonds. The molecule has 0 saturated carbocycles. The van der Waals surface area contributed by atoms with Crippen molar-refractivity contribution in [2.75, 3.05) is 0 Å². The van der Waals surface area contributed by atoms with Gasteiger partial charge in [-0.3, -0.25) is 4.79 Å². The SMILES string of the molecule is O=CN/N=C\c1ccc2c(c1)CCC2. The first-order chi connectivity index (χ1) is 6.90. The summed E-state index contributed by atoms with van der Waals surface area (Å²) in [6.45, 7) is 0. The molecular weight excluding hydrogens is 176 g/mol. The largest absolute Gasteiger partial charge is 0.277 e. The van der Waals surface area contributed by atoms with Crippen LogP contribution in [0.25, 0.3) is 0 Å². The van der Waals surface area contributed by atoms with Crippen LogP contribution in [0.1, 0.15) is 23.1 Å². The van der Waals surface area contributed by atoms with Gasteiger partial charge in [-0.05, 0) is 42.0 Å². The van der Waals surface area contributed by atoms with E-state index in [-0.39, 0.29) is 0 Å². The molecule has 0 radical (unpaired) electrons. The van der Waals surface area contributed by atoms with Gasteiger partial charge in [0, 0.05) is 0 Å². The van der Waals surface area contributed by atoms with Gasteiger partial charge in [-0.15, -0.1) is 0 Å². The molecule has 0 aromatic heterocycles. The fraction of sp³-hybridized carbons (Fsp3) is 0.273. The molecule has 0 aliphatic heterocycles. The molecule has 1 N–H and O–H groups in total. The molecular formula is C11H12N2O. The molecule has 0 saturated heterocycles. The number of carbonyl (C=O) groups is 1. The predicted molar refractivity (Wildman–Crippen MR) is 55.3 cm³/mol. The van der Waals surface area contributed by atoms with Crippen LogP contribution in [-0.4, -0.2) is 12.6 Å². The predicted octanol–water partition coefficient (Wildman–Crippen LogP) is 1.26. The summed E-state index contributed by atoms with van der Waals surface area (Å²) in [4.78, 5) is 9.96. The maximum atomic E-state index is 9.96. The molecule has 3 heteroatoms. The number of rotatable bonds is 3. The van der Waals surface area contributed by atoms with Gasteiger partial charge in [-0.25, -0.2) is 5.43 Å². The second-order valence-corrected chi connectivity index (χ2v) is 3.39. The van der Waals surface area contributed by atoms with E-state index < -0.39 is 0 Å². The summed E-state index contributed by atoms with van der Waals surface area (Å²) in [5.74, 6) is 0. The van der Waals surface area contributed by atoms with E-state index >= 15 is 0 Å². The van der Waals surface area contributed by atoms with E-state index in [0.29, 0.717) is 6.41 Å². The number of hydrogen-bond acceptors (Lipinski definition) is 2. The molecule has 1 aliphatic carbocycles. The molecule has 0 heterocycles. The van der Waals surface area contributed by atoms with Gasteiger partial charge in [0.1, 0.15) is 0 Å². The number of nitrogens with one attached hydrogen (secondary N) is 1. The monoisotopic (exact) mass is 188 g/mol. The Labute approximate surface area is 82.8 Å². The highest BCUT2D eigenvalue weighted by Crippen LogP contribution is 2.22. The summed E-state index contributed by atoms with van der Waals surface area (Å²) < 4.78 is 0. The van der Waals surface area contributed by atoms with E-state index in [4.69, 9.17) is 0 Å². The zero-order valence-electron chi connectivity index (χ0n) is 7.86. The Bertz CT molecular complexity index is 372. The highest BCUT2D eigenvalue weighted by molar-refractivity contribution is 5.80. The molecule has 1 aliphatic rings. The molecule has 0 spiro atoms. The van der Waals surface area contributed by atoms with E-state index in [1.54, 1.807) is 6.21 Å². The topological polar surface area (TPSA) is 41.5 Å². The van der Waals surface area contributed by atoms with Crippen LogP contribution in [0.4, 0.5) is 0 Å². The van der Waals surface area contributed by atoms with Gasteiger partial charge in [0.2, 0.25) is 6.41 Å². The number of amides is 1. The minimum absolute atomic E-state index is 0.559. The molecule has 0 fully saturated rings. The number of hydrogen-bond donors (Lipinski definition) is 1. The van der Waals surface area contributed by atoms with Crippen LogP contribution in [0.15, 0.2) is 23.3 Å². The van der Waals surface area contributed by atoms with Gasteiger partial charge < -0.3 is 0 Å². The maximum absolute atomic E-state index is 9.96. The van der Waals surface area contributed by atoms with Gasteiger partial charge in [0.25, 0.3) is 0 Å². The molecule has 1 aromatic carbocycles. The number of nitrogens with zero attached hydrogens (tertiary/aromatic N) is 1. The minimum atomic E-state index is 0.559. The van der Waals surface area contributed by atoms with E-state index in [1.165, 1.54) is 24.0 Å². The highest BCUT2D eigenvalue weighted by atomic mass is 16.1. The zero-order chi connectivity index (χ0) is 9.80. The number of fused-ring (bicyclic) bond motifs is 1. The molecule has 0 atom stereocenters.